The normalized spacial score (nSPS) is 15.0. The number of carbonyl (C=O) groups is 1. The number of phosphoric acid groups is 1. The highest BCUT2D eigenvalue weighted by Gasteiger charge is 2.25. The summed E-state index contributed by atoms with van der Waals surface area (Å²) in [5, 5.41) is 8.88. The van der Waals surface area contributed by atoms with E-state index in [1.807, 2.05) is 21.1 Å². The van der Waals surface area contributed by atoms with E-state index in [1.54, 1.807) is 0 Å². The van der Waals surface area contributed by atoms with E-state index >= 15 is 0 Å². The lowest BCUT2D eigenvalue weighted by atomic mass is 10.1. The largest absolute Gasteiger partial charge is 0.472 e. The molecule has 0 radical (unpaired) electrons. The minimum Gasteiger partial charge on any atom is -0.463 e. The first-order chi connectivity index (χ1) is 14.1. The van der Waals surface area contributed by atoms with Crippen molar-refractivity contribution >= 4 is 13.8 Å². The maximum atomic E-state index is 11.8. The molecule has 0 fully saturated rings. The van der Waals surface area contributed by atoms with Crippen molar-refractivity contribution in [1.82, 2.24) is 0 Å². The van der Waals surface area contributed by atoms with Crippen molar-refractivity contribution in [2.45, 2.75) is 77.2 Å². The summed E-state index contributed by atoms with van der Waals surface area (Å²) in [5.74, 6) is -0.397. The third-order valence-electron chi connectivity index (χ3n) is 4.50. The summed E-state index contributed by atoms with van der Waals surface area (Å²) < 4.78 is 27.1. The highest BCUT2D eigenvalue weighted by atomic mass is 31.2. The predicted molar refractivity (Wildman–Crippen MR) is 115 cm³/mol. The van der Waals surface area contributed by atoms with Crippen molar-refractivity contribution < 1.29 is 42.7 Å². The quantitative estimate of drug-likeness (QED) is 0.0702. The van der Waals surface area contributed by atoms with Crippen LogP contribution in [-0.4, -0.2) is 74.2 Å². The number of nitrogens with zero attached hydrogens (tertiary/aromatic N) is 1. The fourth-order valence-electron chi connectivity index (χ4n) is 2.59. The number of quaternary nitrogens is 1. The van der Waals surface area contributed by atoms with E-state index in [-0.39, 0.29) is 13.2 Å². The van der Waals surface area contributed by atoms with Gasteiger partial charge in [-0.1, -0.05) is 58.3 Å². The zero-order valence-electron chi connectivity index (χ0n) is 19.2. The van der Waals surface area contributed by atoms with Crippen molar-refractivity contribution in [2.75, 3.05) is 47.5 Å². The summed E-state index contributed by atoms with van der Waals surface area (Å²) in [6, 6.07) is 0. The molecule has 0 saturated heterocycles. The van der Waals surface area contributed by atoms with Gasteiger partial charge in [0.15, 0.2) is 6.10 Å². The number of phosphoric ester groups is 1. The molecule has 9 nitrogen and oxygen atoms in total. The zero-order chi connectivity index (χ0) is 22.9. The summed E-state index contributed by atoms with van der Waals surface area (Å²) in [5.41, 5.74) is 0. The monoisotopic (exact) mass is 456 g/mol. The summed E-state index contributed by atoms with van der Waals surface area (Å²) >= 11 is 0. The Hall–Kier alpha value is -0.540. The summed E-state index contributed by atoms with van der Waals surface area (Å²) in [6.45, 7) is 2.04. The van der Waals surface area contributed by atoms with Crippen molar-refractivity contribution in [3.63, 3.8) is 0 Å². The van der Waals surface area contributed by atoms with E-state index in [9.17, 15) is 14.3 Å². The fraction of sp³-hybridized carbons (Fsp3) is 0.950. The van der Waals surface area contributed by atoms with E-state index in [0.717, 1.165) is 19.3 Å². The van der Waals surface area contributed by atoms with Crippen LogP contribution in [0.5, 0.6) is 0 Å². The topological polar surface area (TPSA) is 112 Å². The number of carbonyl (C=O) groups excluding carboxylic acids is 1. The predicted octanol–water partition coefficient (Wildman–Crippen LogP) is 4.15. The fourth-order valence-corrected chi connectivity index (χ4v) is 3.33. The van der Waals surface area contributed by atoms with Gasteiger partial charge >= 0.3 is 13.8 Å². The van der Waals surface area contributed by atoms with Gasteiger partial charge in [-0.15, -0.1) is 0 Å². The summed E-state index contributed by atoms with van der Waals surface area (Å²) in [7, 11) is 1.49. The lowest BCUT2D eigenvalue weighted by Crippen LogP contribution is -2.37. The van der Waals surface area contributed by atoms with Crippen LogP contribution in [-0.2, 0) is 28.0 Å². The highest BCUT2D eigenvalue weighted by molar-refractivity contribution is 7.47. The van der Waals surface area contributed by atoms with Crippen LogP contribution >= 0.6 is 7.82 Å². The minimum absolute atomic E-state index is 0.0374. The van der Waals surface area contributed by atoms with Gasteiger partial charge in [-0.25, -0.2) is 9.45 Å². The maximum absolute atomic E-state index is 11.8. The first kappa shape index (κ1) is 29.5. The summed E-state index contributed by atoms with van der Waals surface area (Å²) in [4.78, 5) is 25.6. The van der Waals surface area contributed by atoms with Gasteiger partial charge in [-0.05, 0) is 6.42 Å². The molecule has 30 heavy (non-hydrogen) atoms. The number of likely N-dealkylation sites (N-methyl/N-ethyl adjacent to an activating group) is 1. The molecule has 0 aliphatic heterocycles. The van der Waals surface area contributed by atoms with E-state index in [0.29, 0.717) is 17.4 Å². The molecule has 0 aliphatic carbocycles. The molecule has 10 heteroatoms. The standard InChI is InChI=1S/C20H42NO8P/c1-5-6-7-8-9-10-11-12-13-14-20(22)26-17-19(29-23)18-28-30(24,25)27-16-15-21(2,3)4/h19H,5-18H2,1-4H3,(H-,23,24,25)/p+1. The third-order valence-corrected chi connectivity index (χ3v) is 5.49. The molecule has 0 aromatic heterocycles. The number of unbranched alkanes of at least 4 members (excludes halogenated alkanes) is 8. The van der Waals surface area contributed by atoms with E-state index < -0.39 is 26.5 Å². The van der Waals surface area contributed by atoms with Crippen molar-refractivity contribution in [3.05, 3.63) is 0 Å². The summed E-state index contributed by atoms with van der Waals surface area (Å²) in [6.07, 6.45) is 9.62. The van der Waals surface area contributed by atoms with Gasteiger partial charge < -0.3 is 14.1 Å². The Bertz CT molecular complexity index is 484. The SMILES string of the molecule is CCCCCCCCCCCC(=O)OCC(COP(=O)(O)OCC[N+](C)(C)C)OO. The van der Waals surface area contributed by atoms with Crippen LogP contribution in [0.3, 0.4) is 0 Å². The molecule has 0 spiro atoms. The van der Waals surface area contributed by atoms with Gasteiger partial charge in [-0.2, -0.15) is 0 Å². The average Bonchev–Trinajstić information content (AvgIpc) is 2.65. The number of hydrogen-bond donors (Lipinski definition) is 2. The first-order valence-corrected chi connectivity index (χ1v) is 12.5. The molecule has 0 aliphatic rings. The number of ether oxygens (including phenoxy) is 1. The smallest absolute Gasteiger partial charge is 0.463 e. The Balaban J connectivity index is 3.84. The van der Waals surface area contributed by atoms with Gasteiger partial charge in [0, 0.05) is 6.42 Å². The molecule has 0 bridgehead atoms. The van der Waals surface area contributed by atoms with Gasteiger partial charge in [0.2, 0.25) is 0 Å². The molecular formula is C20H43NO8P+. The zero-order valence-corrected chi connectivity index (χ0v) is 20.1. The second-order valence-corrected chi connectivity index (χ2v) is 10.1. The molecule has 0 heterocycles. The highest BCUT2D eigenvalue weighted by Crippen LogP contribution is 2.43. The number of rotatable bonds is 20. The first-order valence-electron chi connectivity index (χ1n) is 11.0. The van der Waals surface area contributed by atoms with Gasteiger partial charge in [0.1, 0.15) is 19.8 Å². The Morgan fingerprint density at radius 2 is 1.50 bits per heavy atom. The molecular weight excluding hydrogens is 413 g/mol. The van der Waals surface area contributed by atoms with Crippen LogP contribution in [0.4, 0.5) is 0 Å². The maximum Gasteiger partial charge on any atom is 0.472 e. The molecule has 0 aromatic rings. The average molecular weight is 457 g/mol. The number of esters is 1. The molecule has 180 valence electrons. The second-order valence-electron chi connectivity index (χ2n) is 8.60. The van der Waals surface area contributed by atoms with Crippen LogP contribution in [0.2, 0.25) is 0 Å². The lowest BCUT2D eigenvalue weighted by Gasteiger charge is -2.24. The third kappa shape index (κ3) is 19.4. The van der Waals surface area contributed by atoms with Gasteiger partial charge in [0.05, 0.1) is 27.7 Å². The molecule has 2 N–H and O–H groups in total. The van der Waals surface area contributed by atoms with Crippen LogP contribution < -0.4 is 0 Å². The van der Waals surface area contributed by atoms with Crippen LogP contribution in [0.25, 0.3) is 0 Å². The van der Waals surface area contributed by atoms with Crippen LogP contribution in [0.1, 0.15) is 71.1 Å². The Morgan fingerprint density at radius 1 is 0.933 bits per heavy atom. The van der Waals surface area contributed by atoms with Gasteiger partial charge in [0.25, 0.3) is 0 Å². The second kappa shape index (κ2) is 17.1. The van der Waals surface area contributed by atoms with Crippen LogP contribution in [0.15, 0.2) is 0 Å². The Morgan fingerprint density at radius 3 is 2.03 bits per heavy atom. The molecule has 0 amide bonds. The molecule has 0 rings (SSSR count). The van der Waals surface area contributed by atoms with Crippen molar-refractivity contribution in [3.8, 4) is 0 Å². The lowest BCUT2D eigenvalue weighted by molar-refractivity contribution is -0.870. The van der Waals surface area contributed by atoms with Crippen LogP contribution in [0, 0.1) is 0 Å². The molecule has 0 saturated carbocycles. The van der Waals surface area contributed by atoms with E-state index in [4.69, 9.17) is 19.0 Å². The van der Waals surface area contributed by atoms with Crippen molar-refractivity contribution in [1.29, 1.82) is 0 Å². The van der Waals surface area contributed by atoms with E-state index in [2.05, 4.69) is 11.8 Å². The Kier molecular flexibility index (Phi) is 16.8. The van der Waals surface area contributed by atoms with Crippen molar-refractivity contribution in [2.24, 2.45) is 0 Å². The molecule has 2 atom stereocenters. The minimum atomic E-state index is -4.27. The molecule has 2 unspecified atom stereocenters. The van der Waals surface area contributed by atoms with E-state index in [1.165, 1.54) is 38.5 Å². The Labute approximate surface area is 181 Å². The molecule has 0 aromatic carbocycles. The number of hydrogen-bond acceptors (Lipinski definition) is 7. The van der Waals surface area contributed by atoms with Gasteiger partial charge in [-0.3, -0.25) is 19.1 Å².